The lowest BCUT2D eigenvalue weighted by Crippen LogP contribution is -2.21. The van der Waals surface area contributed by atoms with Crippen molar-refractivity contribution in [2.24, 2.45) is 0 Å². The zero-order valence-corrected chi connectivity index (χ0v) is 13.8. The van der Waals surface area contributed by atoms with Crippen molar-refractivity contribution in [2.45, 2.75) is 18.2 Å². The zero-order chi connectivity index (χ0) is 16.8. The van der Waals surface area contributed by atoms with E-state index in [0.717, 1.165) is 17.4 Å². The van der Waals surface area contributed by atoms with Crippen molar-refractivity contribution < 1.29 is 13.8 Å². The average molecular weight is 330 g/mol. The summed E-state index contributed by atoms with van der Waals surface area (Å²) in [5.41, 5.74) is 2.88. The van der Waals surface area contributed by atoms with Gasteiger partial charge in [-0.15, -0.1) is 0 Å². The Hall–Kier alpha value is -2.47. The molecule has 0 aliphatic rings. The maximum absolute atomic E-state index is 12.1. The number of aldehydes is 1. The Labute approximate surface area is 137 Å². The van der Waals surface area contributed by atoms with Crippen molar-refractivity contribution in [3.8, 4) is 0 Å². The van der Waals surface area contributed by atoms with E-state index in [0.29, 0.717) is 16.3 Å². The minimum Gasteiger partial charge on any atom is -0.307 e. The number of nitrogens with one attached hydrogen (secondary N) is 2. The van der Waals surface area contributed by atoms with E-state index >= 15 is 0 Å². The van der Waals surface area contributed by atoms with Crippen LogP contribution >= 0.6 is 0 Å². The number of urea groups is 1. The van der Waals surface area contributed by atoms with Crippen LogP contribution in [0.15, 0.2) is 47.4 Å². The Kier molecular flexibility index (Phi) is 5.65. The number of aryl methyl sites for hydroxylation is 1. The summed E-state index contributed by atoms with van der Waals surface area (Å²) in [7, 11) is -1.28. The molecule has 0 heterocycles. The summed E-state index contributed by atoms with van der Waals surface area (Å²) in [5.74, 6) is 0. The first-order valence-corrected chi connectivity index (χ1v) is 8.60. The predicted octanol–water partition coefficient (Wildman–Crippen LogP) is 3.12. The smallest absolute Gasteiger partial charge is 0.307 e. The van der Waals surface area contributed by atoms with Gasteiger partial charge in [0.2, 0.25) is 0 Å². The number of para-hydroxylation sites is 1. The largest absolute Gasteiger partial charge is 0.323 e. The van der Waals surface area contributed by atoms with Crippen LogP contribution in [0.4, 0.5) is 16.2 Å². The Balaban J connectivity index is 2.18. The molecule has 2 N–H and O–H groups in total. The number of carbonyl (C=O) groups excluding carboxylic acids is 2. The Morgan fingerprint density at radius 1 is 1.13 bits per heavy atom. The molecule has 0 bridgehead atoms. The number of amides is 2. The van der Waals surface area contributed by atoms with E-state index in [1.807, 2.05) is 25.1 Å². The minimum absolute atomic E-state index is 0.250. The first-order chi connectivity index (χ1) is 11.0. The standard InChI is InChI=1S/C17H18N2O3S/c1-12-5-3-4-6-14(12)18-17(21)19-15-8-7-13(9-10-20)11-16(15)23(2)22/h3-8,10-11H,9H2,1-2H3,(H2,18,19,21). The van der Waals surface area contributed by atoms with Gasteiger partial charge in [0.15, 0.2) is 0 Å². The molecule has 0 aliphatic heterocycles. The van der Waals surface area contributed by atoms with Crippen molar-refractivity contribution in [3.05, 3.63) is 53.6 Å². The average Bonchev–Trinajstić information content (AvgIpc) is 2.51. The predicted molar refractivity (Wildman–Crippen MR) is 92.4 cm³/mol. The van der Waals surface area contributed by atoms with Crippen molar-refractivity contribution >= 4 is 34.5 Å². The summed E-state index contributed by atoms with van der Waals surface area (Å²) >= 11 is 0. The second-order valence-corrected chi connectivity index (χ2v) is 6.40. The van der Waals surface area contributed by atoms with Crippen molar-refractivity contribution in [2.75, 3.05) is 16.9 Å². The van der Waals surface area contributed by atoms with Gasteiger partial charge in [0, 0.05) is 18.4 Å². The molecule has 6 heteroatoms. The molecule has 0 aliphatic carbocycles. The van der Waals surface area contributed by atoms with Gasteiger partial charge in [0.25, 0.3) is 0 Å². The number of hydrogen-bond donors (Lipinski definition) is 2. The number of carbonyl (C=O) groups is 2. The van der Waals surface area contributed by atoms with Crippen LogP contribution in [0.3, 0.4) is 0 Å². The summed E-state index contributed by atoms with van der Waals surface area (Å²) < 4.78 is 11.9. The first-order valence-electron chi connectivity index (χ1n) is 7.05. The van der Waals surface area contributed by atoms with Crippen molar-refractivity contribution in [1.82, 2.24) is 0 Å². The van der Waals surface area contributed by atoms with Gasteiger partial charge < -0.3 is 15.4 Å². The molecule has 0 radical (unpaired) electrons. The molecule has 0 saturated heterocycles. The summed E-state index contributed by atoms with van der Waals surface area (Å²) in [6, 6.07) is 12.1. The van der Waals surface area contributed by atoms with Crippen LogP contribution in [0.1, 0.15) is 11.1 Å². The maximum Gasteiger partial charge on any atom is 0.323 e. The molecule has 0 saturated carbocycles. The van der Waals surface area contributed by atoms with Crippen LogP contribution < -0.4 is 10.6 Å². The van der Waals surface area contributed by atoms with Crippen molar-refractivity contribution in [3.63, 3.8) is 0 Å². The lowest BCUT2D eigenvalue weighted by atomic mass is 10.1. The molecule has 2 aromatic rings. The molecular weight excluding hydrogens is 312 g/mol. The molecule has 2 aromatic carbocycles. The van der Waals surface area contributed by atoms with Gasteiger partial charge >= 0.3 is 6.03 Å². The summed E-state index contributed by atoms with van der Waals surface area (Å²) in [5, 5.41) is 5.46. The van der Waals surface area contributed by atoms with E-state index in [1.54, 1.807) is 24.3 Å². The first kappa shape index (κ1) is 16.9. The van der Waals surface area contributed by atoms with Gasteiger partial charge in [0.05, 0.1) is 21.4 Å². The van der Waals surface area contributed by atoms with E-state index in [-0.39, 0.29) is 6.42 Å². The van der Waals surface area contributed by atoms with E-state index in [9.17, 15) is 13.8 Å². The lowest BCUT2D eigenvalue weighted by molar-refractivity contribution is -0.107. The van der Waals surface area contributed by atoms with Gasteiger partial charge in [-0.05, 0) is 36.2 Å². The van der Waals surface area contributed by atoms with Crippen LogP contribution in [-0.4, -0.2) is 22.8 Å². The zero-order valence-electron chi connectivity index (χ0n) is 13.0. The number of rotatable bonds is 5. The van der Waals surface area contributed by atoms with Crippen molar-refractivity contribution in [1.29, 1.82) is 0 Å². The van der Waals surface area contributed by atoms with Gasteiger partial charge in [0.1, 0.15) is 6.29 Å². The molecule has 23 heavy (non-hydrogen) atoms. The van der Waals surface area contributed by atoms with Gasteiger partial charge in [-0.1, -0.05) is 24.3 Å². The van der Waals surface area contributed by atoms with Gasteiger partial charge in [-0.25, -0.2) is 4.79 Å². The topological polar surface area (TPSA) is 75.3 Å². The molecule has 2 rings (SSSR count). The molecule has 1 unspecified atom stereocenters. The normalized spacial score (nSPS) is 11.6. The molecule has 2 amide bonds. The summed E-state index contributed by atoms with van der Waals surface area (Å²) in [6.45, 7) is 1.90. The van der Waals surface area contributed by atoms with Gasteiger partial charge in [-0.3, -0.25) is 4.21 Å². The number of anilines is 2. The minimum atomic E-state index is -1.28. The highest BCUT2D eigenvalue weighted by Gasteiger charge is 2.11. The van der Waals surface area contributed by atoms with Crippen LogP contribution in [0.2, 0.25) is 0 Å². The second kappa shape index (κ2) is 7.69. The quantitative estimate of drug-likeness (QED) is 0.827. The van der Waals surface area contributed by atoms with Crippen LogP contribution in [0, 0.1) is 6.92 Å². The summed E-state index contributed by atoms with van der Waals surface area (Å²) in [6.07, 6.45) is 2.57. The Morgan fingerprint density at radius 3 is 2.48 bits per heavy atom. The van der Waals surface area contributed by atoms with Crippen LogP contribution in [0.25, 0.3) is 0 Å². The monoisotopic (exact) mass is 330 g/mol. The van der Waals surface area contributed by atoms with E-state index in [4.69, 9.17) is 0 Å². The fourth-order valence-corrected chi connectivity index (χ4v) is 2.87. The number of hydrogen-bond acceptors (Lipinski definition) is 3. The van der Waals surface area contributed by atoms with E-state index in [1.165, 1.54) is 6.26 Å². The van der Waals surface area contributed by atoms with Crippen LogP contribution in [-0.2, 0) is 22.0 Å². The second-order valence-electron chi connectivity index (χ2n) is 5.05. The maximum atomic E-state index is 12.1. The Bertz CT molecular complexity index is 759. The molecular formula is C17H18N2O3S. The molecule has 0 spiro atoms. The van der Waals surface area contributed by atoms with E-state index in [2.05, 4.69) is 10.6 Å². The molecule has 1 atom stereocenters. The summed E-state index contributed by atoms with van der Waals surface area (Å²) in [4.78, 5) is 23.2. The fraction of sp³-hybridized carbons (Fsp3) is 0.176. The molecule has 120 valence electrons. The fourth-order valence-electron chi connectivity index (χ4n) is 2.12. The molecule has 5 nitrogen and oxygen atoms in total. The van der Waals surface area contributed by atoms with E-state index < -0.39 is 16.8 Å². The highest BCUT2D eigenvalue weighted by atomic mass is 32.2. The van der Waals surface area contributed by atoms with Gasteiger partial charge in [-0.2, -0.15) is 0 Å². The third-order valence-corrected chi connectivity index (χ3v) is 4.27. The highest BCUT2D eigenvalue weighted by Crippen LogP contribution is 2.22. The third kappa shape index (κ3) is 4.50. The highest BCUT2D eigenvalue weighted by molar-refractivity contribution is 7.84. The number of benzene rings is 2. The van der Waals surface area contributed by atoms with Crippen LogP contribution in [0.5, 0.6) is 0 Å². The molecule has 0 aromatic heterocycles. The Morgan fingerprint density at radius 2 is 1.83 bits per heavy atom. The lowest BCUT2D eigenvalue weighted by Gasteiger charge is -2.13. The third-order valence-electron chi connectivity index (χ3n) is 3.32. The molecule has 0 fully saturated rings. The SMILES string of the molecule is Cc1ccccc1NC(=O)Nc1ccc(CC=O)cc1S(C)=O.